The summed E-state index contributed by atoms with van der Waals surface area (Å²) < 4.78 is 0. The lowest BCUT2D eigenvalue weighted by Crippen LogP contribution is -2.46. The van der Waals surface area contributed by atoms with Gasteiger partial charge < -0.3 is 25.7 Å². The van der Waals surface area contributed by atoms with Crippen LogP contribution in [0.15, 0.2) is 0 Å². The summed E-state index contributed by atoms with van der Waals surface area (Å²) in [6.07, 6.45) is 0.132. The molecule has 0 saturated carbocycles. The fraction of sp³-hybridized carbons (Fsp3) is 0.818. The first-order valence-corrected chi connectivity index (χ1v) is 6.22. The summed E-state index contributed by atoms with van der Waals surface area (Å²) in [5, 5.41) is 24.2. The van der Waals surface area contributed by atoms with Gasteiger partial charge in [-0.15, -0.1) is 0 Å². The standard InChI is InChI=1S/C11H21N3O4/c1-2-12-4-3-5-13-11(18)14-7-8(15)6-9(14)10(16)17/h8-9,12,15H,2-7H2,1H3,(H,13,18)(H,16,17). The van der Waals surface area contributed by atoms with Crippen molar-refractivity contribution in [3.05, 3.63) is 0 Å². The van der Waals surface area contributed by atoms with Crippen LogP contribution >= 0.6 is 0 Å². The molecule has 1 rings (SSSR count). The molecule has 2 amide bonds. The van der Waals surface area contributed by atoms with Crippen LogP contribution in [0.2, 0.25) is 0 Å². The van der Waals surface area contributed by atoms with Crippen molar-refractivity contribution in [2.75, 3.05) is 26.2 Å². The number of carboxylic acid groups (broad SMARTS) is 1. The highest BCUT2D eigenvalue weighted by molar-refractivity contribution is 5.83. The number of nitrogens with zero attached hydrogens (tertiary/aromatic N) is 1. The second-order valence-electron chi connectivity index (χ2n) is 4.33. The monoisotopic (exact) mass is 259 g/mol. The van der Waals surface area contributed by atoms with Gasteiger partial charge in [-0.2, -0.15) is 0 Å². The van der Waals surface area contributed by atoms with E-state index < -0.39 is 24.1 Å². The fourth-order valence-electron chi connectivity index (χ4n) is 1.96. The molecule has 0 aromatic rings. The molecule has 0 bridgehead atoms. The van der Waals surface area contributed by atoms with Crippen molar-refractivity contribution in [1.82, 2.24) is 15.5 Å². The summed E-state index contributed by atoms with van der Waals surface area (Å²) >= 11 is 0. The molecule has 1 aliphatic rings. The van der Waals surface area contributed by atoms with Crippen LogP contribution in [0.3, 0.4) is 0 Å². The zero-order valence-electron chi connectivity index (χ0n) is 10.6. The van der Waals surface area contributed by atoms with E-state index in [1.54, 1.807) is 0 Å². The van der Waals surface area contributed by atoms with Crippen LogP contribution in [0.25, 0.3) is 0 Å². The van der Waals surface area contributed by atoms with Crippen LogP contribution in [-0.2, 0) is 4.79 Å². The number of carbonyl (C=O) groups is 2. The highest BCUT2D eigenvalue weighted by atomic mass is 16.4. The van der Waals surface area contributed by atoms with E-state index in [2.05, 4.69) is 10.6 Å². The Bertz CT molecular complexity index is 298. The fourth-order valence-corrected chi connectivity index (χ4v) is 1.96. The minimum atomic E-state index is -1.07. The summed E-state index contributed by atoms with van der Waals surface area (Å²) in [5.41, 5.74) is 0. The predicted octanol–water partition coefficient (Wildman–Crippen LogP) is -0.785. The second kappa shape index (κ2) is 7.17. The average molecular weight is 259 g/mol. The van der Waals surface area contributed by atoms with Gasteiger partial charge in [-0.05, 0) is 19.5 Å². The minimum absolute atomic E-state index is 0.0794. The van der Waals surface area contributed by atoms with Crippen LogP contribution < -0.4 is 10.6 Å². The van der Waals surface area contributed by atoms with Gasteiger partial charge in [-0.1, -0.05) is 6.92 Å². The van der Waals surface area contributed by atoms with Gasteiger partial charge in [0.1, 0.15) is 6.04 Å². The highest BCUT2D eigenvalue weighted by Gasteiger charge is 2.38. The summed E-state index contributed by atoms with van der Waals surface area (Å²) in [6.45, 7) is 4.26. The summed E-state index contributed by atoms with van der Waals surface area (Å²) in [7, 11) is 0. The Morgan fingerprint density at radius 3 is 2.72 bits per heavy atom. The maximum atomic E-state index is 11.8. The third kappa shape index (κ3) is 4.15. The topological polar surface area (TPSA) is 102 Å². The number of carboxylic acids is 1. The van der Waals surface area contributed by atoms with Crippen molar-refractivity contribution >= 4 is 12.0 Å². The number of hydrogen-bond donors (Lipinski definition) is 4. The van der Waals surface area contributed by atoms with E-state index in [0.29, 0.717) is 6.54 Å². The third-order valence-corrected chi connectivity index (χ3v) is 2.88. The van der Waals surface area contributed by atoms with Gasteiger partial charge in [0.05, 0.1) is 6.10 Å². The number of carbonyl (C=O) groups excluding carboxylic acids is 1. The molecule has 0 spiro atoms. The summed E-state index contributed by atoms with van der Waals surface area (Å²) in [4.78, 5) is 23.9. The van der Waals surface area contributed by atoms with Crippen LogP contribution in [0, 0.1) is 0 Å². The number of aliphatic hydroxyl groups is 1. The molecule has 1 fully saturated rings. The molecular formula is C11H21N3O4. The Morgan fingerprint density at radius 2 is 2.11 bits per heavy atom. The molecular weight excluding hydrogens is 238 g/mol. The number of urea groups is 1. The number of amides is 2. The van der Waals surface area contributed by atoms with Gasteiger partial charge in [0.15, 0.2) is 0 Å². The zero-order chi connectivity index (χ0) is 13.5. The number of hydrogen-bond acceptors (Lipinski definition) is 4. The Morgan fingerprint density at radius 1 is 1.39 bits per heavy atom. The molecule has 7 nitrogen and oxygen atoms in total. The largest absolute Gasteiger partial charge is 0.480 e. The molecule has 2 unspecified atom stereocenters. The molecule has 7 heteroatoms. The maximum Gasteiger partial charge on any atom is 0.326 e. The molecule has 0 radical (unpaired) electrons. The van der Waals surface area contributed by atoms with E-state index in [4.69, 9.17) is 5.11 Å². The molecule has 1 aliphatic heterocycles. The first-order valence-electron chi connectivity index (χ1n) is 6.22. The lowest BCUT2D eigenvalue weighted by Gasteiger charge is -2.21. The molecule has 0 aliphatic carbocycles. The van der Waals surface area contributed by atoms with Crippen LogP contribution in [0.1, 0.15) is 19.8 Å². The molecule has 2 atom stereocenters. The average Bonchev–Trinajstić information content (AvgIpc) is 2.71. The molecule has 0 aromatic heterocycles. The van der Waals surface area contributed by atoms with Crippen LogP contribution in [0.5, 0.6) is 0 Å². The number of aliphatic carboxylic acids is 1. The van der Waals surface area contributed by atoms with Gasteiger partial charge in [-0.3, -0.25) is 0 Å². The van der Waals surface area contributed by atoms with E-state index in [0.717, 1.165) is 19.5 Å². The first kappa shape index (κ1) is 14.7. The van der Waals surface area contributed by atoms with Crippen molar-refractivity contribution in [1.29, 1.82) is 0 Å². The Hall–Kier alpha value is -1.34. The van der Waals surface area contributed by atoms with Gasteiger partial charge in [0.2, 0.25) is 0 Å². The molecule has 1 heterocycles. The van der Waals surface area contributed by atoms with Gasteiger partial charge in [-0.25, -0.2) is 9.59 Å². The molecule has 4 N–H and O–H groups in total. The molecule has 18 heavy (non-hydrogen) atoms. The predicted molar refractivity (Wildman–Crippen MR) is 65.3 cm³/mol. The van der Waals surface area contributed by atoms with Crippen molar-refractivity contribution in [3.63, 3.8) is 0 Å². The SMILES string of the molecule is CCNCCCNC(=O)N1CC(O)CC1C(=O)O. The maximum absolute atomic E-state index is 11.8. The van der Waals surface area contributed by atoms with Crippen molar-refractivity contribution in [3.8, 4) is 0 Å². The highest BCUT2D eigenvalue weighted by Crippen LogP contribution is 2.17. The van der Waals surface area contributed by atoms with E-state index in [9.17, 15) is 14.7 Å². The number of rotatable bonds is 6. The smallest absolute Gasteiger partial charge is 0.326 e. The first-order chi connectivity index (χ1) is 8.56. The number of aliphatic hydroxyl groups excluding tert-OH is 1. The Labute approximate surface area is 106 Å². The quantitative estimate of drug-likeness (QED) is 0.468. The van der Waals surface area contributed by atoms with Crippen molar-refractivity contribution < 1.29 is 19.8 Å². The van der Waals surface area contributed by atoms with Crippen molar-refractivity contribution in [2.45, 2.75) is 31.9 Å². The summed E-state index contributed by atoms with van der Waals surface area (Å²) in [5.74, 6) is -1.07. The van der Waals surface area contributed by atoms with E-state index in [1.165, 1.54) is 4.90 Å². The van der Waals surface area contributed by atoms with Gasteiger partial charge in [0, 0.05) is 19.5 Å². The summed E-state index contributed by atoms with van der Waals surface area (Å²) in [6, 6.07) is -1.34. The molecule has 0 aromatic carbocycles. The van der Waals surface area contributed by atoms with E-state index in [1.807, 2.05) is 6.92 Å². The van der Waals surface area contributed by atoms with Gasteiger partial charge >= 0.3 is 12.0 Å². The van der Waals surface area contributed by atoms with E-state index in [-0.39, 0.29) is 13.0 Å². The minimum Gasteiger partial charge on any atom is -0.480 e. The van der Waals surface area contributed by atoms with Crippen LogP contribution in [-0.4, -0.2) is 65.4 Å². The van der Waals surface area contributed by atoms with Crippen molar-refractivity contribution in [2.24, 2.45) is 0 Å². The number of likely N-dealkylation sites (tertiary alicyclic amines) is 1. The van der Waals surface area contributed by atoms with E-state index >= 15 is 0 Å². The lowest BCUT2D eigenvalue weighted by molar-refractivity contribution is -0.141. The molecule has 1 saturated heterocycles. The van der Waals surface area contributed by atoms with Crippen LogP contribution in [0.4, 0.5) is 4.79 Å². The number of β-amino-alcohol motifs (C(OH)–C–C–N with tert-alkyl or cyclic N) is 1. The zero-order valence-corrected chi connectivity index (χ0v) is 10.6. The number of nitrogens with one attached hydrogen (secondary N) is 2. The molecule has 104 valence electrons. The normalized spacial score (nSPS) is 23.1. The Kier molecular flexibility index (Phi) is 5.87. The second-order valence-corrected chi connectivity index (χ2v) is 4.33. The Balaban J connectivity index is 2.33. The lowest BCUT2D eigenvalue weighted by atomic mass is 10.2. The third-order valence-electron chi connectivity index (χ3n) is 2.88. The van der Waals surface area contributed by atoms with Gasteiger partial charge in [0.25, 0.3) is 0 Å².